The molecule has 2 heterocycles. The number of aliphatic imine (C=N–C) groups is 1. The van der Waals surface area contributed by atoms with Gasteiger partial charge in [0.05, 0.1) is 17.0 Å². The first-order valence-electron chi connectivity index (χ1n) is 9.15. The molecule has 10 heteroatoms. The minimum absolute atomic E-state index is 0.0196. The lowest BCUT2D eigenvalue weighted by Gasteiger charge is -2.53. The van der Waals surface area contributed by atoms with Crippen LogP contribution >= 0.6 is 10.6 Å². The van der Waals surface area contributed by atoms with E-state index < -0.39 is 38.3 Å². The SMILES string of the molecule is CC1(c2cc(C=C(F)c3ccc(C#N)cn3)cc(F)c2F)CS(O)(O)C(C)(C)C(N)=N1. The number of hydrogen-bond acceptors (Lipinski definition) is 6. The van der Waals surface area contributed by atoms with Crippen molar-refractivity contribution in [2.75, 3.05) is 5.75 Å². The lowest BCUT2D eigenvalue weighted by Crippen LogP contribution is -2.52. The highest BCUT2D eigenvalue weighted by Gasteiger charge is 2.49. The fourth-order valence-electron chi connectivity index (χ4n) is 3.22. The van der Waals surface area contributed by atoms with Crippen LogP contribution in [0.1, 0.15) is 43.2 Å². The Bertz CT molecular complexity index is 1140. The molecule has 6 nitrogen and oxygen atoms in total. The quantitative estimate of drug-likeness (QED) is 0.620. The van der Waals surface area contributed by atoms with Crippen LogP contribution in [-0.4, -0.2) is 30.4 Å². The van der Waals surface area contributed by atoms with Crippen LogP contribution < -0.4 is 5.73 Å². The molecule has 0 saturated heterocycles. The summed E-state index contributed by atoms with van der Waals surface area (Å²) in [5.41, 5.74) is 4.22. The molecule has 0 saturated carbocycles. The second-order valence-corrected chi connectivity index (χ2v) is 10.6. The molecule has 1 aliphatic heterocycles. The van der Waals surface area contributed by atoms with Gasteiger partial charge in [0.2, 0.25) is 0 Å². The standard InChI is InChI=1S/C21H21F3N4O2S/c1-20(2)19(26)28-21(3,11-31(20,29)30)14-6-13(8-16(23)18(14)24)7-15(22)17-5-4-12(9-25)10-27-17/h4-8,10,29-30H,11H2,1-3H3,(H2,26,28). The predicted octanol–water partition coefficient (Wildman–Crippen LogP) is 4.81. The zero-order chi connectivity index (χ0) is 23.2. The summed E-state index contributed by atoms with van der Waals surface area (Å²) in [6, 6.07) is 6.52. The fraction of sp³-hybridized carbons (Fsp3) is 0.286. The Morgan fingerprint density at radius 1 is 1.26 bits per heavy atom. The van der Waals surface area contributed by atoms with Gasteiger partial charge in [0.15, 0.2) is 11.6 Å². The van der Waals surface area contributed by atoms with Crippen molar-refractivity contribution in [3.63, 3.8) is 0 Å². The second-order valence-electron chi connectivity index (χ2n) is 7.99. The zero-order valence-electron chi connectivity index (χ0n) is 17.0. The molecule has 0 bridgehead atoms. The number of nitrogens with zero attached hydrogens (tertiary/aromatic N) is 3. The van der Waals surface area contributed by atoms with E-state index in [0.29, 0.717) is 0 Å². The van der Waals surface area contributed by atoms with Gasteiger partial charge in [-0.2, -0.15) is 15.9 Å². The van der Waals surface area contributed by atoms with Gasteiger partial charge in [-0.1, -0.05) is 0 Å². The van der Waals surface area contributed by atoms with Crippen molar-refractivity contribution in [3.05, 3.63) is 64.5 Å². The topological polar surface area (TPSA) is 116 Å². The van der Waals surface area contributed by atoms with Gasteiger partial charge in [-0.05, 0) is 56.7 Å². The van der Waals surface area contributed by atoms with Gasteiger partial charge in [0.25, 0.3) is 0 Å². The number of hydrogen-bond donors (Lipinski definition) is 3. The minimum Gasteiger partial charge on any atom is -0.386 e. The number of benzene rings is 1. The molecular formula is C21H21F3N4O2S. The molecule has 1 aromatic heterocycles. The van der Waals surface area contributed by atoms with Crippen LogP contribution in [-0.2, 0) is 5.54 Å². The number of halogens is 3. The smallest absolute Gasteiger partial charge is 0.164 e. The molecule has 1 unspecified atom stereocenters. The molecule has 0 radical (unpaired) electrons. The van der Waals surface area contributed by atoms with E-state index in [4.69, 9.17) is 11.0 Å². The van der Waals surface area contributed by atoms with Gasteiger partial charge in [-0.3, -0.25) is 19.1 Å². The number of pyridine rings is 1. The van der Waals surface area contributed by atoms with Crippen LogP contribution in [0.5, 0.6) is 0 Å². The maximum absolute atomic E-state index is 14.7. The maximum atomic E-state index is 14.7. The van der Waals surface area contributed by atoms with Crippen molar-refractivity contribution < 1.29 is 22.3 Å². The number of nitrogens with two attached hydrogens (primary N) is 1. The van der Waals surface area contributed by atoms with E-state index >= 15 is 0 Å². The molecule has 2 aromatic rings. The predicted molar refractivity (Wildman–Crippen MR) is 115 cm³/mol. The van der Waals surface area contributed by atoms with Crippen molar-refractivity contribution in [2.45, 2.75) is 31.1 Å². The molecule has 3 rings (SSSR count). The summed E-state index contributed by atoms with van der Waals surface area (Å²) in [7, 11) is -3.35. The van der Waals surface area contributed by atoms with E-state index in [1.165, 1.54) is 45.2 Å². The van der Waals surface area contributed by atoms with Crippen LogP contribution in [0.25, 0.3) is 11.9 Å². The molecule has 0 fully saturated rings. The highest BCUT2D eigenvalue weighted by atomic mass is 32.3. The van der Waals surface area contributed by atoms with Gasteiger partial charge in [-0.15, -0.1) is 0 Å². The van der Waals surface area contributed by atoms with Crippen molar-refractivity contribution in [1.29, 1.82) is 5.26 Å². The zero-order valence-corrected chi connectivity index (χ0v) is 17.8. The van der Waals surface area contributed by atoms with Crippen LogP contribution in [0.2, 0.25) is 0 Å². The van der Waals surface area contributed by atoms with E-state index in [-0.39, 0.29) is 34.0 Å². The lowest BCUT2D eigenvalue weighted by atomic mass is 9.91. The Morgan fingerprint density at radius 2 is 1.94 bits per heavy atom. The Hall–Kier alpha value is -2.87. The van der Waals surface area contributed by atoms with E-state index in [1.807, 2.05) is 6.07 Å². The average molecular weight is 450 g/mol. The molecule has 1 atom stereocenters. The molecule has 1 aromatic carbocycles. The molecule has 0 aliphatic carbocycles. The summed E-state index contributed by atoms with van der Waals surface area (Å²) in [6.07, 6.45) is 2.15. The summed E-state index contributed by atoms with van der Waals surface area (Å²) in [4.78, 5) is 8.09. The molecule has 31 heavy (non-hydrogen) atoms. The van der Waals surface area contributed by atoms with Gasteiger partial charge in [0, 0.05) is 11.8 Å². The summed E-state index contributed by atoms with van der Waals surface area (Å²) in [5.74, 6) is -3.79. The normalized spacial score (nSPS) is 23.6. The van der Waals surface area contributed by atoms with Gasteiger partial charge < -0.3 is 5.73 Å². The molecule has 0 spiro atoms. The minimum atomic E-state index is -3.35. The number of nitriles is 1. The third-order valence-corrected chi connectivity index (χ3v) is 8.15. The molecule has 164 valence electrons. The molecular weight excluding hydrogens is 429 g/mol. The second kappa shape index (κ2) is 7.67. The number of aromatic nitrogens is 1. The van der Waals surface area contributed by atoms with Crippen molar-refractivity contribution in [3.8, 4) is 6.07 Å². The Balaban J connectivity index is 2.10. The lowest BCUT2D eigenvalue weighted by molar-refractivity contribution is 0.408. The summed E-state index contributed by atoms with van der Waals surface area (Å²) >= 11 is 0. The van der Waals surface area contributed by atoms with Crippen LogP contribution in [0.4, 0.5) is 13.2 Å². The largest absolute Gasteiger partial charge is 0.386 e. The van der Waals surface area contributed by atoms with Gasteiger partial charge in [-0.25, -0.2) is 13.2 Å². The van der Waals surface area contributed by atoms with Crippen LogP contribution in [0.3, 0.4) is 0 Å². The van der Waals surface area contributed by atoms with E-state index in [2.05, 4.69) is 9.98 Å². The molecule has 1 aliphatic rings. The van der Waals surface area contributed by atoms with Crippen molar-refractivity contribution in [1.82, 2.24) is 4.98 Å². The van der Waals surface area contributed by atoms with Crippen LogP contribution in [0, 0.1) is 23.0 Å². The third kappa shape index (κ3) is 4.04. The van der Waals surface area contributed by atoms with Crippen molar-refractivity contribution >= 4 is 28.3 Å². The van der Waals surface area contributed by atoms with Crippen LogP contribution in [0.15, 0.2) is 35.5 Å². The maximum Gasteiger partial charge on any atom is 0.164 e. The molecule has 4 N–H and O–H groups in total. The Labute approximate surface area is 179 Å². The average Bonchev–Trinajstić information content (AvgIpc) is 2.68. The van der Waals surface area contributed by atoms with E-state index in [1.54, 1.807) is 0 Å². The summed E-state index contributed by atoms with van der Waals surface area (Å²) in [5, 5.41) is 8.80. The first kappa shape index (κ1) is 22.8. The summed E-state index contributed by atoms with van der Waals surface area (Å²) in [6.45, 7) is 4.43. The monoisotopic (exact) mass is 450 g/mol. The van der Waals surface area contributed by atoms with Crippen molar-refractivity contribution in [2.24, 2.45) is 10.7 Å². The van der Waals surface area contributed by atoms with Gasteiger partial charge in [0.1, 0.15) is 28.0 Å². The highest BCUT2D eigenvalue weighted by molar-refractivity contribution is 8.26. The highest BCUT2D eigenvalue weighted by Crippen LogP contribution is 2.59. The molecule has 0 amide bonds. The summed E-state index contributed by atoms with van der Waals surface area (Å²) < 4.78 is 63.7. The van der Waals surface area contributed by atoms with Gasteiger partial charge >= 0.3 is 0 Å². The number of rotatable bonds is 3. The fourth-order valence-corrected chi connectivity index (χ4v) is 4.96. The Kier molecular flexibility index (Phi) is 5.65. The Morgan fingerprint density at radius 3 is 2.48 bits per heavy atom. The first-order valence-corrected chi connectivity index (χ1v) is 10.9. The van der Waals surface area contributed by atoms with E-state index in [0.717, 1.165) is 12.1 Å². The third-order valence-electron chi connectivity index (χ3n) is 5.35. The van der Waals surface area contributed by atoms with E-state index in [9.17, 15) is 22.3 Å². The first-order chi connectivity index (χ1) is 14.3. The number of amidine groups is 1.